The summed E-state index contributed by atoms with van der Waals surface area (Å²) in [6.45, 7) is 0. The summed E-state index contributed by atoms with van der Waals surface area (Å²) in [6, 6.07) is 0.140. The highest BCUT2D eigenvalue weighted by Crippen LogP contribution is 2.39. The van der Waals surface area contributed by atoms with Gasteiger partial charge < -0.3 is 15.2 Å². The molecule has 0 aliphatic heterocycles. The Morgan fingerprint density at radius 2 is 2.27 bits per heavy atom. The summed E-state index contributed by atoms with van der Waals surface area (Å²) in [7, 11) is 3.04. The maximum Gasteiger partial charge on any atom is 0.349 e. The fraction of sp³-hybridized carbons (Fsp3) is 0.571. The first-order chi connectivity index (χ1) is 6.91. The Balaban J connectivity index is 2.51. The van der Waals surface area contributed by atoms with E-state index in [-0.39, 0.29) is 17.4 Å². The van der Waals surface area contributed by atoms with E-state index in [9.17, 15) is 15.2 Å². The van der Waals surface area contributed by atoms with Crippen LogP contribution in [0.2, 0.25) is 0 Å². The lowest BCUT2D eigenvalue weighted by molar-refractivity contribution is -0.393. The van der Waals surface area contributed by atoms with Crippen LogP contribution in [0.15, 0.2) is 6.20 Å². The highest BCUT2D eigenvalue weighted by molar-refractivity contribution is 6.38. The largest absolute Gasteiger partial charge is 0.403 e. The predicted octanol–water partition coefficient (Wildman–Crippen LogP) is -1.51. The van der Waals surface area contributed by atoms with Crippen molar-refractivity contribution in [2.24, 2.45) is 0 Å². The number of rotatable bonds is 3. The Bertz CT molecular complexity index is 408. The van der Waals surface area contributed by atoms with Crippen LogP contribution in [-0.4, -0.2) is 35.5 Å². The van der Waals surface area contributed by atoms with Gasteiger partial charge in [0.15, 0.2) is 0 Å². The minimum atomic E-state index is -1.23. The molecule has 1 aromatic rings. The lowest BCUT2D eigenvalue weighted by Gasteiger charge is -2.14. The van der Waals surface area contributed by atoms with Crippen LogP contribution in [-0.2, 0) is 5.40 Å². The first kappa shape index (κ1) is 10.2. The molecule has 1 fully saturated rings. The molecule has 1 aromatic heterocycles. The number of aromatic nitrogens is 2. The number of hydrogen-bond donors (Lipinski definition) is 1. The fourth-order valence-corrected chi connectivity index (χ4v) is 1.56. The smallest absolute Gasteiger partial charge is 0.349 e. The average molecular weight is 207 g/mol. The van der Waals surface area contributed by atoms with Crippen LogP contribution < -0.4 is 0 Å². The molecule has 0 aromatic carbocycles. The van der Waals surface area contributed by atoms with Crippen molar-refractivity contribution in [3.05, 3.63) is 21.9 Å². The zero-order valence-corrected chi connectivity index (χ0v) is 8.67. The minimum absolute atomic E-state index is 0.0787. The van der Waals surface area contributed by atoms with Gasteiger partial charge in [-0.25, -0.2) is 0 Å². The molecule has 0 bridgehead atoms. The third kappa shape index (κ3) is 1.77. The second-order valence-corrected chi connectivity index (χ2v) is 4.37. The van der Waals surface area contributed by atoms with E-state index in [1.165, 1.54) is 26.6 Å². The Labute approximate surface area is 88.2 Å². The van der Waals surface area contributed by atoms with Crippen LogP contribution in [0.1, 0.15) is 24.4 Å². The van der Waals surface area contributed by atoms with E-state index in [0.29, 0.717) is 0 Å². The molecule has 0 unspecified atom stereocenters. The van der Waals surface area contributed by atoms with E-state index in [2.05, 4.69) is 5.10 Å². The molecular formula is C7H11B2N3O3. The zero-order valence-electron chi connectivity index (χ0n) is 8.67. The average Bonchev–Trinajstić information content (AvgIpc) is 2.81. The van der Waals surface area contributed by atoms with Crippen molar-refractivity contribution in [1.82, 2.24) is 9.78 Å². The molecule has 1 aliphatic rings. The highest BCUT2D eigenvalue weighted by Gasteiger charge is 2.39. The molecule has 2 rings (SSSR count). The van der Waals surface area contributed by atoms with Crippen LogP contribution >= 0.6 is 0 Å². The first-order valence-corrected chi connectivity index (χ1v) is 4.86. The summed E-state index contributed by atoms with van der Waals surface area (Å²) >= 11 is 0. The SMILES string of the molecule is BC(B)(O)c1cnn(C2CC2)c1[N+](=O)[O-]. The lowest BCUT2D eigenvalue weighted by Crippen LogP contribution is -2.26. The fourth-order valence-electron chi connectivity index (χ4n) is 1.56. The number of aliphatic hydroxyl groups is 1. The Hall–Kier alpha value is -1.30. The molecule has 78 valence electrons. The molecule has 0 saturated heterocycles. The van der Waals surface area contributed by atoms with E-state index in [0.717, 1.165) is 12.8 Å². The van der Waals surface area contributed by atoms with Crippen LogP contribution in [0.25, 0.3) is 0 Å². The molecular weight excluding hydrogens is 196 g/mol. The van der Waals surface area contributed by atoms with Crippen molar-refractivity contribution >= 4 is 21.5 Å². The van der Waals surface area contributed by atoms with Crippen molar-refractivity contribution in [2.45, 2.75) is 24.3 Å². The number of nitro groups is 1. The topological polar surface area (TPSA) is 81.2 Å². The van der Waals surface area contributed by atoms with Crippen molar-refractivity contribution in [1.29, 1.82) is 0 Å². The van der Waals surface area contributed by atoms with Gasteiger partial charge in [0, 0.05) is 5.40 Å². The highest BCUT2D eigenvalue weighted by atomic mass is 16.6. The van der Waals surface area contributed by atoms with Crippen LogP contribution in [0.4, 0.5) is 5.82 Å². The first-order valence-electron chi connectivity index (χ1n) is 4.86. The second kappa shape index (κ2) is 3.10. The van der Waals surface area contributed by atoms with Gasteiger partial charge in [0.25, 0.3) is 0 Å². The summed E-state index contributed by atoms with van der Waals surface area (Å²) < 4.78 is 1.41. The van der Waals surface area contributed by atoms with Gasteiger partial charge in [-0.05, 0) is 17.8 Å². The van der Waals surface area contributed by atoms with E-state index in [1.54, 1.807) is 0 Å². The molecule has 0 spiro atoms. The third-order valence-corrected chi connectivity index (χ3v) is 2.49. The summed E-state index contributed by atoms with van der Waals surface area (Å²) in [5, 5.41) is 23.4. The standard InChI is InChI=1S/C7H11B2N3O3/c8-7(9,13)5-3-10-11(4-1-2-4)6(5)12(14)15/h3-4,13H,1-2,8-9H2. The Kier molecular flexibility index (Phi) is 2.11. The maximum absolute atomic E-state index is 10.9. The van der Waals surface area contributed by atoms with Gasteiger partial charge in [0.1, 0.15) is 21.7 Å². The Morgan fingerprint density at radius 1 is 1.67 bits per heavy atom. The number of nitrogens with zero attached hydrogens (tertiary/aromatic N) is 3. The van der Waals surface area contributed by atoms with Crippen molar-refractivity contribution in [2.75, 3.05) is 0 Å². The molecule has 0 radical (unpaired) electrons. The van der Waals surface area contributed by atoms with Gasteiger partial charge >= 0.3 is 5.82 Å². The molecule has 1 N–H and O–H groups in total. The molecule has 6 nitrogen and oxygen atoms in total. The summed E-state index contributed by atoms with van der Waals surface area (Å²) in [6.07, 6.45) is 3.23. The van der Waals surface area contributed by atoms with E-state index in [4.69, 9.17) is 0 Å². The normalized spacial score (nSPS) is 16.6. The molecule has 0 amide bonds. The predicted molar refractivity (Wildman–Crippen MR) is 58.1 cm³/mol. The van der Waals surface area contributed by atoms with Crippen LogP contribution in [0.3, 0.4) is 0 Å². The van der Waals surface area contributed by atoms with Gasteiger partial charge in [0.2, 0.25) is 0 Å². The molecule has 0 atom stereocenters. The quantitative estimate of drug-likeness (QED) is 0.371. The van der Waals surface area contributed by atoms with E-state index >= 15 is 0 Å². The molecule has 1 saturated carbocycles. The van der Waals surface area contributed by atoms with Crippen molar-refractivity contribution in [3.63, 3.8) is 0 Å². The second-order valence-electron chi connectivity index (χ2n) is 4.37. The van der Waals surface area contributed by atoms with Gasteiger partial charge in [-0.1, -0.05) is 5.10 Å². The minimum Gasteiger partial charge on any atom is -0.403 e. The summed E-state index contributed by atoms with van der Waals surface area (Å²) in [5.74, 6) is -0.0787. The van der Waals surface area contributed by atoms with Crippen LogP contribution in [0, 0.1) is 10.1 Å². The third-order valence-electron chi connectivity index (χ3n) is 2.49. The van der Waals surface area contributed by atoms with Gasteiger partial charge in [-0.3, -0.25) is 0 Å². The van der Waals surface area contributed by atoms with Gasteiger partial charge in [-0.15, -0.1) is 4.68 Å². The van der Waals surface area contributed by atoms with E-state index < -0.39 is 10.3 Å². The summed E-state index contributed by atoms with van der Waals surface area (Å²) in [5.41, 5.74) is 0.277. The monoisotopic (exact) mass is 207 g/mol. The molecule has 1 aliphatic carbocycles. The number of hydrogen-bond acceptors (Lipinski definition) is 4. The van der Waals surface area contributed by atoms with Crippen LogP contribution in [0.5, 0.6) is 0 Å². The van der Waals surface area contributed by atoms with Gasteiger partial charge in [-0.2, -0.15) is 0 Å². The molecule has 8 heteroatoms. The maximum atomic E-state index is 10.9. The van der Waals surface area contributed by atoms with Gasteiger partial charge in [0.05, 0.1) is 11.8 Å². The molecule has 15 heavy (non-hydrogen) atoms. The Morgan fingerprint density at radius 3 is 2.67 bits per heavy atom. The van der Waals surface area contributed by atoms with E-state index in [1.807, 2.05) is 0 Å². The lowest BCUT2D eigenvalue weighted by atomic mass is 9.62. The summed E-state index contributed by atoms with van der Waals surface area (Å²) in [4.78, 5) is 10.4. The molecule has 1 heterocycles. The van der Waals surface area contributed by atoms with Crippen molar-refractivity contribution in [3.8, 4) is 0 Å². The van der Waals surface area contributed by atoms with Crippen molar-refractivity contribution < 1.29 is 10.0 Å². The zero-order chi connectivity index (χ0) is 11.2.